The Kier molecular flexibility index (Phi) is 1.74. The Morgan fingerprint density at radius 3 is 2.56 bits per heavy atom. The molecule has 16 heavy (non-hydrogen) atoms. The molecule has 0 saturated carbocycles. The summed E-state index contributed by atoms with van der Waals surface area (Å²) in [5, 5.41) is 9.49. The molecule has 3 rings (SSSR count). The van der Waals surface area contributed by atoms with E-state index in [1.165, 1.54) is 0 Å². The molecule has 0 radical (unpaired) electrons. The largest absolute Gasteiger partial charge is 0.456 e. The molecule has 0 aliphatic heterocycles. The second-order valence-electron chi connectivity index (χ2n) is 3.69. The second kappa shape index (κ2) is 3.10. The van der Waals surface area contributed by atoms with Gasteiger partial charge in [-0.2, -0.15) is 0 Å². The number of nitrogen functional groups attached to an aromatic ring is 1. The maximum absolute atomic E-state index is 7.57. The highest BCUT2D eigenvalue weighted by Crippen LogP contribution is 2.30. The van der Waals surface area contributed by atoms with Crippen LogP contribution in [0.25, 0.3) is 21.9 Å². The van der Waals surface area contributed by atoms with E-state index in [9.17, 15) is 0 Å². The van der Waals surface area contributed by atoms with E-state index in [1.54, 1.807) is 0 Å². The smallest absolute Gasteiger partial charge is 0.136 e. The topological polar surface area (TPSA) is 63.0 Å². The van der Waals surface area contributed by atoms with Gasteiger partial charge in [0.15, 0.2) is 0 Å². The molecule has 1 aromatic heterocycles. The van der Waals surface area contributed by atoms with E-state index in [4.69, 9.17) is 15.6 Å². The first-order valence-corrected chi connectivity index (χ1v) is 5.02. The van der Waals surface area contributed by atoms with Crippen LogP contribution in [-0.4, -0.2) is 5.84 Å². The average Bonchev–Trinajstić information content (AvgIpc) is 2.66. The Morgan fingerprint density at radius 2 is 1.75 bits per heavy atom. The van der Waals surface area contributed by atoms with Gasteiger partial charge in [0.05, 0.1) is 0 Å². The van der Waals surface area contributed by atoms with Gasteiger partial charge in [0.1, 0.15) is 17.0 Å². The molecular formula is C13H10N2O. The van der Waals surface area contributed by atoms with E-state index in [-0.39, 0.29) is 5.84 Å². The van der Waals surface area contributed by atoms with Crippen LogP contribution in [0.4, 0.5) is 0 Å². The van der Waals surface area contributed by atoms with Crippen LogP contribution >= 0.6 is 0 Å². The van der Waals surface area contributed by atoms with Gasteiger partial charge in [-0.05, 0) is 12.1 Å². The summed E-state index contributed by atoms with van der Waals surface area (Å²) in [4.78, 5) is 0. The first kappa shape index (κ1) is 8.97. The minimum absolute atomic E-state index is 0.0668. The second-order valence-corrected chi connectivity index (χ2v) is 3.69. The van der Waals surface area contributed by atoms with Crippen LogP contribution < -0.4 is 5.73 Å². The van der Waals surface area contributed by atoms with Gasteiger partial charge in [-0.25, -0.2) is 0 Å². The summed E-state index contributed by atoms with van der Waals surface area (Å²) >= 11 is 0. The summed E-state index contributed by atoms with van der Waals surface area (Å²) in [6.45, 7) is 0. The summed E-state index contributed by atoms with van der Waals surface area (Å²) in [7, 11) is 0. The number of amidine groups is 1. The molecule has 0 saturated heterocycles. The van der Waals surface area contributed by atoms with Crippen molar-refractivity contribution in [3.63, 3.8) is 0 Å². The molecule has 78 valence electrons. The van der Waals surface area contributed by atoms with Crippen LogP contribution in [0.5, 0.6) is 0 Å². The van der Waals surface area contributed by atoms with Crippen LogP contribution in [0.15, 0.2) is 46.9 Å². The molecular weight excluding hydrogens is 200 g/mol. The quantitative estimate of drug-likeness (QED) is 0.479. The van der Waals surface area contributed by atoms with Gasteiger partial charge in [0.25, 0.3) is 0 Å². The lowest BCUT2D eigenvalue weighted by atomic mass is 10.1. The highest BCUT2D eigenvalue weighted by Gasteiger charge is 2.11. The number of benzene rings is 2. The third kappa shape index (κ3) is 1.11. The third-order valence-electron chi connectivity index (χ3n) is 2.69. The van der Waals surface area contributed by atoms with Crippen molar-refractivity contribution >= 4 is 27.8 Å². The van der Waals surface area contributed by atoms with Crippen molar-refractivity contribution in [1.29, 1.82) is 5.41 Å². The maximum Gasteiger partial charge on any atom is 0.136 e. The van der Waals surface area contributed by atoms with E-state index in [0.29, 0.717) is 0 Å². The standard InChI is InChI=1S/C13H10N2O/c14-13(15)9-5-3-7-11-12(9)8-4-1-2-6-10(8)16-11/h1-7H,(H3,14,15). The molecule has 0 aliphatic rings. The zero-order valence-corrected chi connectivity index (χ0v) is 8.53. The first-order chi connectivity index (χ1) is 7.77. The molecule has 0 amide bonds. The summed E-state index contributed by atoms with van der Waals surface area (Å²) in [5.74, 6) is 0.0668. The zero-order chi connectivity index (χ0) is 11.1. The van der Waals surface area contributed by atoms with E-state index in [1.807, 2.05) is 42.5 Å². The zero-order valence-electron chi connectivity index (χ0n) is 8.53. The number of fused-ring (bicyclic) bond motifs is 3. The van der Waals surface area contributed by atoms with Crippen molar-refractivity contribution in [3.05, 3.63) is 48.0 Å². The monoisotopic (exact) mass is 210 g/mol. The van der Waals surface area contributed by atoms with Crippen molar-refractivity contribution in [1.82, 2.24) is 0 Å². The van der Waals surface area contributed by atoms with Crippen molar-refractivity contribution in [2.45, 2.75) is 0 Å². The van der Waals surface area contributed by atoms with E-state index in [2.05, 4.69) is 0 Å². The molecule has 3 aromatic rings. The fourth-order valence-electron chi connectivity index (χ4n) is 2.00. The van der Waals surface area contributed by atoms with E-state index >= 15 is 0 Å². The Balaban J connectivity index is 2.57. The van der Waals surface area contributed by atoms with Crippen molar-refractivity contribution in [2.75, 3.05) is 0 Å². The summed E-state index contributed by atoms with van der Waals surface area (Å²) in [6, 6.07) is 13.4. The Bertz CT molecular complexity index is 697. The highest BCUT2D eigenvalue weighted by molar-refractivity contribution is 6.16. The molecule has 0 atom stereocenters. The predicted molar refractivity (Wildman–Crippen MR) is 64.7 cm³/mol. The summed E-state index contributed by atoms with van der Waals surface area (Å²) < 4.78 is 5.69. The lowest BCUT2D eigenvalue weighted by molar-refractivity contribution is 0.669. The number of nitrogens with two attached hydrogens (primary N) is 1. The number of furan rings is 1. The van der Waals surface area contributed by atoms with Crippen molar-refractivity contribution in [3.8, 4) is 0 Å². The molecule has 3 N–H and O–H groups in total. The van der Waals surface area contributed by atoms with Crippen LogP contribution in [0, 0.1) is 5.41 Å². The molecule has 0 fully saturated rings. The van der Waals surface area contributed by atoms with Gasteiger partial charge in [-0.3, -0.25) is 5.41 Å². The molecule has 0 unspecified atom stereocenters. The summed E-state index contributed by atoms with van der Waals surface area (Å²) in [5.41, 5.74) is 7.89. The summed E-state index contributed by atoms with van der Waals surface area (Å²) in [6.07, 6.45) is 0. The van der Waals surface area contributed by atoms with E-state index < -0.39 is 0 Å². The SMILES string of the molecule is N=C(N)c1cccc2oc3ccccc3c12. The maximum atomic E-state index is 7.57. The average molecular weight is 210 g/mol. The molecule has 3 heteroatoms. The van der Waals surface area contributed by atoms with E-state index in [0.717, 1.165) is 27.5 Å². The van der Waals surface area contributed by atoms with Crippen LogP contribution in [0.3, 0.4) is 0 Å². The third-order valence-corrected chi connectivity index (χ3v) is 2.69. The normalized spacial score (nSPS) is 11.0. The van der Waals surface area contributed by atoms with Crippen LogP contribution in [0.1, 0.15) is 5.56 Å². The van der Waals surface area contributed by atoms with Gasteiger partial charge in [0, 0.05) is 16.3 Å². The first-order valence-electron chi connectivity index (χ1n) is 5.02. The van der Waals surface area contributed by atoms with Crippen LogP contribution in [0.2, 0.25) is 0 Å². The lowest BCUT2D eigenvalue weighted by Gasteiger charge is -1.99. The van der Waals surface area contributed by atoms with Gasteiger partial charge in [0.2, 0.25) is 0 Å². The number of nitrogens with one attached hydrogen (secondary N) is 1. The number of hydrogen-bond acceptors (Lipinski definition) is 2. The van der Waals surface area contributed by atoms with Crippen LogP contribution in [-0.2, 0) is 0 Å². The highest BCUT2D eigenvalue weighted by atomic mass is 16.3. The van der Waals surface area contributed by atoms with Gasteiger partial charge in [-0.1, -0.05) is 30.3 Å². The van der Waals surface area contributed by atoms with Crippen molar-refractivity contribution < 1.29 is 4.42 Å². The molecule has 0 bridgehead atoms. The minimum Gasteiger partial charge on any atom is -0.456 e. The van der Waals surface area contributed by atoms with Gasteiger partial charge >= 0.3 is 0 Å². The van der Waals surface area contributed by atoms with Crippen molar-refractivity contribution in [2.24, 2.45) is 5.73 Å². The number of para-hydroxylation sites is 1. The fraction of sp³-hybridized carbons (Fsp3) is 0. The number of hydrogen-bond donors (Lipinski definition) is 2. The Morgan fingerprint density at radius 1 is 1.00 bits per heavy atom. The fourth-order valence-corrected chi connectivity index (χ4v) is 2.00. The Labute approximate surface area is 92.0 Å². The molecule has 1 heterocycles. The minimum atomic E-state index is 0.0668. The molecule has 2 aromatic carbocycles. The van der Waals surface area contributed by atoms with Gasteiger partial charge in [-0.15, -0.1) is 0 Å². The molecule has 0 spiro atoms. The number of rotatable bonds is 1. The lowest BCUT2D eigenvalue weighted by Crippen LogP contribution is -2.10. The Hall–Kier alpha value is -2.29. The molecule has 0 aliphatic carbocycles. The predicted octanol–water partition coefficient (Wildman–Crippen LogP) is 2.87. The molecule has 3 nitrogen and oxygen atoms in total. The van der Waals surface area contributed by atoms with Gasteiger partial charge < -0.3 is 10.2 Å².